The maximum Gasteiger partial charge on any atom is 0.105 e. The second kappa shape index (κ2) is 7.45. The van der Waals surface area contributed by atoms with Gasteiger partial charge in [0.1, 0.15) is 5.82 Å². The van der Waals surface area contributed by atoms with Gasteiger partial charge in [0.05, 0.1) is 18.4 Å². The van der Waals surface area contributed by atoms with Crippen molar-refractivity contribution in [1.82, 2.24) is 14.9 Å². The zero-order valence-corrected chi connectivity index (χ0v) is 11.5. The van der Waals surface area contributed by atoms with Crippen LogP contribution in [0.1, 0.15) is 38.7 Å². The summed E-state index contributed by atoms with van der Waals surface area (Å²) in [5.41, 5.74) is 1.24. The van der Waals surface area contributed by atoms with Crippen molar-refractivity contribution in [3.05, 3.63) is 17.7 Å². The van der Waals surface area contributed by atoms with Gasteiger partial charge in [-0.1, -0.05) is 6.92 Å². The largest absolute Gasteiger partial charge is 0.377 e. The lowest BCUT2D eigenvalue weighted by Crippen LogP contribution is -2.19. The molecule has 0 spiro atoms. The highest BCUT2D eigenvalue weighted by Gasteiger charge is 2.06. The summed E-state index contributed by atoms with van der Waals surface area (Å²) in [6.45, 7) is 11.9. The summed E-state index contributed by atoms with van der Waals surface area (Å²) < 4.78 is 7.81. The summed E-state index contributed by atoms with van der Waals surface area (Å²) in [6.07, 6.45) is 3.40. The van der Waals surface area contributed by atoms with Crippen molar-refractivity contribution < 1.29 is 4.74 Å². The first-order valence-corrected chi connectivity index (χ1v) is 6.48. The second-order valence-electron chi connectivity index (χ2n) is 4.54. The van der Waals surface area contributed by atoms with Crippen LogP contribution in [-0.4, -0.2) is 28.8 Å². The summed E-state index contributed by atoms with van der Waals surface area (Å²) in [7, 11) is 0. The molecule has 1 aromatic heterocycles. The molecule has 1 N–H and O–H groups in total. The third-order valence-corrected chi connectivity index (χ3v) is 2.64. The average molecular weight is 239 g/mol. The number of rotatable bonds is 8. The molecule has 17 heavy (non-hydrogen) atoms. The van der Waals surface area contributed by atoms with E-state index in [-0.39, 0.29) is 0 Å². The molecule has 1 rings (SSSR count). The molecule has 0 aliphatic heterocycles. The highest BCUT2D eigenvalue weighted by molar-refractivity contribution is 5.04. The second-order valence-corrected chi connectivity index (χ2v) is 4.54. The number of aromatic nitrogens is 2. The predicted octanol–water partition coefficient (Wildman–Crippen LogP) is 2.12. The van der Waals surface area contributed by atoms with Gasteiger partial charge >= 0.3 is 0 Å². The van der Waals surface area contributed by atoms with Crippen molar-refractivity contribution in [3.63, 3.8) is 0 Å². The minimum Gasteiger partial charge on any atom is -0.377 e. The van der Waals surface area contributed by atoms with Gasteiger partial charge in [-0.05, 0) is 33.7 Å². The fourth-order valence-corrected chi connectivity index (χ4v) is 1.73. The van der Waals surface area contributed by atoms with E-state index in [2.05, 4.69) is 35.6 Å². The SMILES string of the molecule is CCCNCc1cnc(C)n1CCOC(C)C. The highest BCUT2D eigenvalue weighted by Crippen LogP contribution is 2.05. The van der Waals surface area contributed by atoms with E-state index in [1.807, 2.05) is 13.1 Å². The van der Waals surface area contributed by atoms with Crippen LogP contribution in [0.4, 0.5) is 0 Å². The van der Waals surface area contributed by atoms with Gasteiger partial charge < -0.3 is 14.6 Å². The lowest BCUT2D eigenvalue weighted by atomic mass is 10.4. The molecule has 1 heterocycles. The molecule has 0 radical (unpaired) electrons. The first-order valence-electron chi connectivity index (χ1n) is 6.48. The zero-order chi connectivity index (χ0) is 12.7. The van der Waals surface area contributed by atoms with Crippen LogP contribution >= 0.6 is 0 Å². The van der Waals surface area contributed by atoms with Gasteiger partial charge in [-0.25, -0.2) is 4.98 Å². The lowest BCUT2D eigenvalue weighted by molar-refractivity contribution is 0.0720. The summed E-state index contributed by atoms with van der Waals surface area (Å²) in [5, 5.41) is 3.40. The summed E-state index contributed by atoms with van der Waals surface area (Å²) in [5.74, 6) is 1.06. The Balaban J connectivity index is 2.47. The van der Waals surface area contributed by atoms with Crippen molar-refractivity contribution in [2.45, 2.75) is 53.3 Å². The van der Waals surface area contributed by atoms with Crippen LogP contribution in [0.3, 0.4) is 0 Å². The third-order valence-electron chi connectivity index (χ3n) is 2.64. The first kappa shape index (κ1) is 14.2. The van der Waals surface area contributed by atoms with Gasteiger partial charge in [-0.3, -0.25) is 0 Å². The molecule has 0 aliphatic rings. The van der Waals surface area contributed by atoms with Crippen molar-refractivity contribution in [2.75, 3.05) is 13.2 Å². The van der Waals surface area contributed by atoms with Crippen molar-refractivity contribution in [2.24, 2.45) is 0 Å². The molecule has 0 bridgehead atoms. The van der Waals surface area contributed by atoms with E-state index >= 15 is 0 Å². The topological polar surface area (TPSA) is 39.1 Å². The van der Waals surface area contributed by atoms with Gasteiger partial charge in [0.15, 0.2) is 0 Å². The van der Waals surface area contributed by atoms with Crippen LogP contribution in [0.5, 0.6) is 0 Å². The summed E-state index contributed by atoms with van der Waals surface area (Å²) in [4.78, 5) is 4.36. The fraction of sp³-hybridized carbons (Fsp3) is 0.769. The lowest BCUT2D eigenvalue weighted by Gasteiger charge is -2.12. The third kappa shape index (κ3) is 4.88. The van der Waals surface area contributed by atoms with Crippen LogP contribution in [0, 0.1) is 6.92 Å². The fourth-order valence-electron chi connectivity index (χ4n) is 1.73. The summed E-state index contributed by atoms with van der Waals surface area (Å²) >= 11 is 0. The minimum atomic E-state index is 0.292. The van der Waals surface area contributed by atoms with E-state index in [0.717, 1.165) is 38.5 Å². The summed E-state index contributed by atoms with van der Waals surface area (Å²) in [6, 6.07) is 0. The zero-order valence-electron chi connectivity index (χ0n) is 11.5. The Labute approximate surface area is 104 Å². The molecular weight excluding hydrogens is 214 g/mol. The molecule has 0 fully saturated rings. The Morgan fingerprint density at radius 1 is 1.47 bits per heavy atom. The number of imidazole rings is 1. The minimum absolute atomic E-state index is 0.292. The quantitative estimate of drug-likeness (QED) is 0.706. The number of hydrogen-bond acceptors (Lipinski definition) is 3. The molecule has 0 unspecified atom stereocenters. The van der Waals surface area contributed by atoms with Crippen LogP contribution in [-0.2, 0) is 17.8 Å². The van der Waals surface area contributed by atoms with Gasteiger partial charge in [0.25, 0.3) is 0 Å². The molecule has 0 atom stereocenters. The maximum absolute atomic E-state index is 5.58. The Bertz CT molecular complexity index is 320. The molecule has 0 aromatic carbocycles. The Morgan fingerprint density at radius 2 is 2.24 bits per heavy atom. The van der Waals surface area contributed by atoms with Crippen LogP contribution in [0.25, 0.3) is 0 Å². The van der Waals surface area contributed by atoms with Gasteiger partial charge in [0, 0.05) is 19.3 Å². The van der Waals surface area contributed by atoms with Gasteiger partial charge in [0.2, 0.25) is 0 Å². The Morgan fingerprint density at radius 3 is 2.88 bits per heavy atom. The molecular formula is C13H25N3O. The average Bonchev–Trinajstić information content (AvgIpc) is 2.61. The monoisotopic (exact) mass is 239 g/mol. The van der Waals surface area contributed by atoms with E-state index in [1.54, 1.807) is 0 Å². The number of ether oxygens (including phenoxy) is 1. The normalized spacial score (nSPS) is 11.4. The molecule has 0 amide bonds. The van der Waals surface area contributed by atoms with Crippen LogP contribution in [0.15, 0.2) is 6.20 Å². The molecule has 4 heteroatoms. The Kier molecular flexibility index (Phi) is 6.22. The number of nitrogens with zero attached hydrogens (tertiary/aromatic N) is 2. The van der Waals surface area contributed by atoms with Crippen molar-refractivity contribution >= 4 is 0 Å². The van der Waals surface area contributed by atoms with E-state index in [9.17, 15) is 0 Å². The molecule has 0 saturated carbocycles. The van der Waals surface area contributed by atoms with Crippen LogP contribution < -0.4 is 5.32 Å². The predicted molar refractivity (Wildman–Crippen MR) is 70.0 cm³/mol. The smallest absolute Gasteiger partial charge is 0.105 e. The maximum atomic E-state index is 5.58. The van der Waals surface area contributed by atoms with Crippen LogP contribution in [0.2, 0.25) is 0 Å². The van der Waals surface area contributed by atoms with E-state index in [4.69, 9.17) is 4.74 Å². The van der Waals surface area contributed by atoms with Gasteiger partial charge in [-0.15, -0.1) is 0 Å². The first-order chi connectivity index (χ1) is 8.15. The molecule has 98 valence electrons. The van der Waals surface area contributed by atoms with Gasteiger partial charge in [-0.2, -0.15) is 0 Å². The van der Waals surface area contributed by atoms with E-state index in [0.29, 0.717) is 6.10 Å². The van der Waals surface area contributed by atoms with E-state index < -0.39 is 0 Å². The number of nitrogens with one attached hydrogen (secondary N) is 1. The Hall–Kier alpha value is -0.870. The number of hydrogen-bond donors (Lipinski definition) is 1. The van der Waals surface area contributed by atoms with Crippen molar-refractivity contribution in [1.29, 1.82) is 0 Å². The number of aryl methyl sites for hydroxylation is 1. The van der Waals surface area contributed by atoms with E-state index in [1.165, 1.54) is 5.69 Å². The van der Waals surface area contributed by atoms with Crippen molar-refractivity contribution in [3.8, 4) is 0 Å². The standard InChI is InChI=1S/C13H25N3O/c1-5-6-14-9-13-10-15-12(4)16(13)7-8-17-11(2)3/h10-11,14H,5-9H2,1-4H3. The highest BCUT2D eigenvalue weighted by atomic mass is 16.5. The molecule has 0 aliphatic carbocycles. The molecule has 4 nitrogen and oxygen atoms in total. The molecule has 1 aromatic rings. The molecule has 0 saturated heterocycles.